The number of piperidine rings is 1. The lowest BCUT2D eigenvalue weighted by molar-refractivity contribution is -0.138. The lowest BCUT2D eigenvalue weighted by Gasteiger charge is -2.34. The first kappa shape index (κ1) is 64.3. The van der Waals surface area contributed by atoms with E-state index in [1.807, 2.05) is 12.1 Å². The van der Waals surface area contributed by atoms with Gasteiger partial charge in [-0.1, -0.05) is 205 Å². The second-order valence-electron chi connectivity index (χ2n) is 20.7. The Kier molecular flexibility index (Phi) is 38.4. The number of likely N-dealkylation sites (tertiary alicyclic amines) is 1. The molecular weight excluding hydrogens is 871 g/mol. The number of hydrogen-bond donors (Lipinski definition) is 4. The molecule has 1 saturated carbocycles. The van der Waals surface area contributed by atoms with Crippen molar-refractivity contribution in [3.05, 3.63) is 58.7 Å². The number of anilines is 2. The lowest BCUT2D eigenvalue weighted by atomic mass is 9.76. The fourth-order valence-electron chi connectivity index (χ4n) is 9.90. The molecule has 1 unspecified atom stereocenters. The van der Waals surface area contributed by atoms with Gasteiger partial charge in [-0.15, -0.1) is 0 Å². The largest absolute Gasteiger partial charge is 0.481 e. The van der Waals surface area contributed by atoms with Crippen molar-refractivity contribution in [2.45, 2.75) is 267 Å². The summed E-state index contributed by atoms with van der Waals surface area (Å²) in [5.74, 6) is -0.107. The molecule has 1 heterocycles. The molecule has 2 aromatic rings. The molecular formula is C61H105N3O6. The van der Waals surface area contributed by atoms with E-state index in [9.17, 15) is 19.2 Å². The minimum atomic E-state index is -0.659. The minimum Gasteiger partial charge on any atom is -0.481 e. The van der Waals surface area contributed by atoms with Gasteiger partial charge in [0.1, 0.15) is 0 Å². The van der Waals surface area contributed by atoms with Gasteiger partial charge in [0.25, 0.3) is 0 Å². The molecule has 9 nitrogen and oxygen atoms in total. The Morgan fingerprint density at radius 1 is 0.486 bits per heavy atom. The average Bonchev–Trinajstić information content (AvgIpc) is 3.34. The van der Waals surface area contributed by atoms with Crippen molar-refractivity contribution in [2.75, 3.05) is 23.7 Å². The number of unbranched alkanes of at least 4 members (excludes halogenated alkanes) is 18. The first-order valence-electron chi connectivity index (χ1n) is 28.7. The van der Waals surface area contributed by atoms with Crippen LogP contribution in [0, 0.1) is 39.5 Å². The Morgan fingerprint density at radius 2 is 0.871 bits per heavy atom. The number of nitrogens with zero attached hydrogens (tertiary/aromatic N) is 1. The van der Waals surface area contributed by atoms with Gasteiger partial charge < -0.3 is 20.8 Å². The number of nitrogens with one attached hydrogen (secondary N) is 2. The van der Waals surface area contributed by atoms with Gasteiger partial charge in [0.15, 0.2) is 0 Å². The van der Waals surface area contributed by atoms with Gasteiger partial charge in [0.2, 0.25) is 11.8 Å². The van der Waals surface area contributed by atoms with Crippen molar-refractivity contribution in [3.8, 4) is 0 Å². The molecule has 1 aliphatic heterocycles. The Bertz CT molecular complexity index is 1520. The Labute approximate surface area is 428 Å². The van der Waals surface area contributed by atoms with Crippen molar-refractivity contribution < 1.29 is 29.4 Å². The van der Waals surface area contributed by atoms with Crippen LogP contribution in [0.5, 0.6) is 0 Å². The molecule has 0 radical (unpaired) electrons. The van der Waals surface area contributed by atoms with Crippen LogP contribution >= 0.6 is 0 Å². The van der Waals surface area contributed by atoms with Crippen LogP contribution in [-0.4, -0.2) is 58.0 Å². The average molecular weight is 977 g/mol. The SMILES string of the molecule is CCCCC1CCCC[C@H]1C(=O)Nc1c(C)cccc1C.CCCCCCCCCCCC(=O)O.CCCCCCCCCCCC(=O)O.CCCCN1CCCC[C@H]1C(=O)Nc1c(C)cccc1C. The van der Waals surface area contributed by atoms with Crippen molar-refractivity contribution >= 4 is 35.1 Å². The number of carbonyl (C=O) groups excluding carboxylic acids is 2. The molecule has 1 aliphatic carbocycles. The van der Waals surface area contributed by atoms with Gasteiger partial charge in [-0.3, -0.25) is 24.1 Å². The zero-order valence-corrected chi connectivity index (χ0v) is 46.2. The Morgan fingerprint density at radius 3 is 1.30 bits per heavy atom. The first-order valence-corrected chi connectivity index (χ1v) is 28.7. The van der Waals surface area contributed by atoms with Crippen molar-refractivity contribution in [1.29, 1.82) is 0 Å². The molecule has 1 saturated heterocycles. The summed E-state index contributed by atoms with van der Waals surface area (Å²) >= 11 is 0. The van der Waals surface area contributed by atoms with E-state index in [0.717, 1.165) is 91.7 Å². The first-order chi connectivity index (χ1) is 33.8. The van der Waals surface area contributed by atoms with Crippen LogP contribution in [0.25, 0.3) is 0 Å². The summed E-state index contributed by atoms with van der Waals surface area (Å²) in [6.07, 6.45) is 37.1. The number of rotatable bonds is 30. The maximum Gasteiger partial charge on any atom is 0.303 e. The van der Waals surface area contributed by atoms with Crippen molar-refractivity contribution in [1.82, 2.24) is 4.90 Å². The van der Waals surface area contributed by atoms with E-state index in [-0.39, 0.29) is 23.8 Å². The smallest absolute Gasteiger partial charge is 0.303 e. The number of hydrogen-bond acceptors (Lipinski definition) is 5. The Balaban J connectivity index is 0.000000477. The molecule has 0 aromatic heterocycles. The molecule has 0 spiro atoms. The molecule has 2 amide bonds. The molecule has 2 aliphatic rings. The minimum absolute atomic E-state index is 0.0457. The van der Waals surface area contributed by atoms with Crippen LogP contribution in [0.2, 0.25) is 0 Å². The van der Waals surface area contributed by atoms with Gasteiger partial charge in [-0.2, -0.15) is 0 Å². The number of aryl methyl sites for hydroxylation is 4. The molecule has 400 valence electrons. The molecule has 70 heavy (non-hydrogen) atoms. The van der Waals surface area contributed by atoms with Gasteiger partial charge >= 0.3 is 11.9 Å². The van der Waals surface area contributed by atoms with Crippen LogP contribution in [0.15, 0.2) is 36.4 Å². The molecule has 4 N–H and O–H groups in total. The number of aliphatic carboxylic acids is 2. The maximum atomic E-state index is 12.7. The van der Waals surface area contributed by atoms with E-state index in [4.69, 9.17) is 10.2 Å². The molecule has 0 bridgehead atoms. The standard InChI is InChI=1S/C19H29NO.C18H28N2O.2C12H24O2/c1-4-5-11-16-12-6-7-13-17(16)19(21)20-18-14(2)9-8-10-15(18)3;1-4-5-12-20-13-7-6-11-16(20)18(21)19-17-14(2)9-8-10-15(17)3;2*1-2-3-4-5-6-7-8-9-10-11-12(13)14/h8-10,16-17H,4-7,11-13H2,1-3H3,(H,20,21);8-10,16H,4-7,11-13H2,1-3H3,(H,19,21);2*2-11H2,1H3,(H,13,14)/t16?,17-;16-;;/m10../s1. The van der Waals surface area contributed by atoms with Gasteiger partial charge in [0, 0.05) is 30.1 Å². The number of carbonyl (C=O) groups is 4. The number of carboxylic acid groups (broad SMARTS) is 2. The number of benzene rings is 2. The van der Waals surface area contributed by atoms with E-state index in [1.165, 1.54) is 148 Å². The predicted octanol–water partition coefficient (Wildman–Crippen LogP) is 17.1. The molecule has 2 fully saturated rings. The van der Waals surface area contributed by atoms with E-state index < -0.39 is 11.9 Å². The molecule has 4 rings (SSSR count). The fourth-order valence-corrected chi connectivity index (χ4v) is 9.90. The van der Waals surface area contributed by atoms with Crippen molar-refractivity contribution in [2.24, 2.45) is 11.8 Å². The monoisotopic (exact) mass is 976 g/mol. The quantitative estimate of drug-likeness (QED) is 0.0572. The second-order valence-corrected chi connectivity index (χ2v) is 20.7. The zero-order chi connectivity index (χ0) is 51.8. The second kappa shape index (κ2) is 41.9. The molecule has 9 heteroatoms. The van der Waals surface area contributed by atoms with Crippen LogP contribution < -0.4 is 10.6 Å². The summed E-state index contributed by atoms with van der Waals surface area (Å²) in [6.45, 7) is 19.2. The summed E-state index contributed by atoms with van der Waals surface area (Å²) < 4.78 is 0. The molecule has 3 atom stereocenters. The highest BCUT2D eigenvalue weighted by atomic mass is 16.4. The van der Waals surface area contributed by atoms with Gasteiger partial charge in [0.05, 0.1) is 6.04 Å². The topological polar surface area (TPSA) is 136 Å². The van der Waals surface area contributed by atoms with Crippen LogP contribution in [0.1, 0.15) is 255 Å². The summed E-state index contributed by atoms with van der Waals surface area (Å²) in [7, 11) is 0. The highest BCUT2D eigenvalue weighted by Gasteiger charge is 2.31. The van der Waals surface area contributed by atoms with Crippen LogP contribution in [-0.2, 0) is 19.2 Å². The number of para-hydroxylation sites is 2. The summed E-state index contributed by atoms with van der Waals surface area (Å²) in [4.78, 5) is 48.2. The predicted molar refractivity (Wildman–Crippen MR) is 297 cm³/mol. The third kappa shape index (κ3) is 30.2. The highest BCUT2D eigenvalue weighted by molar-refractivity contribution is 5.96. The normalized spacial score (nSPS) is 16.6. The maximum absolute atomic E-state index is 12.7. The third-order valence-electron chi connectivity index (χ3n) is 14.3. The summed E-state index contributed by atoms with van der Waals surface area (Å²) in [6, 6.07) is 12.4. The Hall–Kier alpha value is -3.72. The van der Waals surface area contributed by atoms with Gasteiger partial charge in [-0.25, -0.2) is 0 Å². The lowest BCUT2D eigenvalue weighted by Crippen LogP contribution is -2.47. The molecule has 2 aromatic carbocycles. The fraction of sp³-hybridized carbons (Fsp3) is 0.738. The zero-order valence-electron chi connectivity index (χ0n) is 46.2. The summed E-state index contributed by atoms with van der Waals surface area (Å²) in [5.41, 5.74) is 6.60. The van der Waals surface area contributed by atoms with Crippen LogP contribution in [0.4, 0.5) is 11.4 Å². The number of carboxylic acids is 2. The van der Waals surface area contributed by atoms with E-state index in [0.29, 0.717) is 18.8 Å². The number of amides is 2. The van der Waals surface area contributed by atoms with E-state index in [2.05, 4.69) is 95.2 Å². The van der Waals surface area contributed by atoms with Crippen molar-refractivity contribution in [3.63, 3.8) is 0 Å². The van der Waals surface area contributed by atoms with Gasteiger partial charge in [-0.05, 0) is 120 Å². The highest BCUT2D eigenvalue weighted by Crippen LogP contribution is 2.35. The third-order valence-corrected chi connectivity index (χ3v) is 14.3. The van der Waals surface area contributed by atoms with Crippen LogP contribution in [0.3, 0.4) is 0 Å². The van der Waals surface area contributed by atoms with E-state index in [1.54, 1.807) is 0 Å². The summed E-state index contributed by atoms with van der Waals surface area (Å²) in [5, 5.41) is 23.2. The van der Waals surface area contributed by atoms with E-state index >= 15 is 0 Å².